The third-order valence-corrected chi connectivity index (χ3v) is 4.56. The largest absolute Gasteiger partial charge is 0.573 e. The van der Waals surface area contributed by atoms with Crippen molar-refractivity contribution in [3.63, 3.8) is 0 Å². The summed E-state index contributed by atoms with van der Waals surface area (Å²) in [6.45, 7) is 5.50. The van der Waals surface area contributed by atoms with E-state index in [1.54, 1.807) is 18.2 Å². The Kier molecular flexibility index (Phi) is 6.50. The van der Waals surface area contributed by atoms with Gasteiger partial charge in [0.2, 0.25) is 0 Å². The molecule has 7 heteroatoms. The first-order valence-corrected chi connectivity index (χ1v) is 9.55. The predicted octanol–water partition coefficient (Wildman–Crippen LogP) is 6.61. The molecule has 0 radical (unpaired) electrons. The first kappa shape index (κ1) is 21.5. The van der Waals surface area contributed by atoms with Crippen LogP contribution >= 0.6 is 0 Å². The van der Waals surface area contributed by atoms with Gasteiger partial charge in [0, 0.05) is 17.0 Å². The Labute approximate surface area is 171 Å². The first-order chi connectivity index (χ1) is 14.3. The van der Waals surface area contributed by atoms with E-state index >= 15 is 0 Å². The molecule has 0 unspecified atom stereocenters. The van der Waals surface area contributed by atoms with Crippen LogP contribution in [0.15, 0.2) is 64.5 Å². The summed E-state index contributed by atoms with van der Waals surface area (Å²) >= 11 is 0. The van der Waals surface area contributed by atoms with E-state index in [0.717, 1.165) is 19.3 Å². The summed E-state index contributed by atoms with van der Waals surface area (Å²) in [4.78, 5) is 12.6. The SMILES string of the molecule is C=COc1ccc2cc(-c3ccc(CCCCC)cc3OC(F)(F)F)c(=O)oc2c1. The number of hydrogen-bond donors (Lipinski definition) is 0. The minimum absolute atomic E-state index is 0.0146. The summed E-state index contributed by atoms with van der Waals surface area (Å²) in [5.41, 5.74) is 0.192. The van der Waals surface area contributed by atoms with Gasteiger partial charge in [-0.2, -0.15) is 0 Å². The molecule has 30 heavy (non-hydrogen) atoms. The van der Waals surface area contributed by atoms with Crippen LogP contribution in [0, 0.1) is 0 Å². The number of rotatable bonds is 8. The lowest BCUT2D eigenvalue weighted by Crippen LogP contribution is -2.18. The van der Waals surface area contributed by atoms with Gasteiger partial charge in [0.15, 0.2) is 0 Å². The van der Waals surface area contributed by atoms with E-state index in [2.05, 4.69) is 11.3 Å². The van der Waals surface area contributed by atoms with Gasteiger partial charge in [-0.05, 0) is 42.7 Å². The first-order valence-electron chi connectivity index (χ1n) is 9.55. The molecule has 4 nitrogen and oxygen atoms in total. The number of hydrogen-bond acceptors (Lipinski definition) is 4. The van der Waals surface area contributed by atoms with Gasteiger partial charge >= 0.3 is 12.0 Å². The lowest BCUT2D eigenvalue weighted by Gasteiger charge is -2.15. The minimum Gasteiger partial charge on any atom is -0.465 e. The molecule has 0 amide bonds. The third kappa shape index (κ3) is 5.23. The second kappa shape index (κ2) is 9.07. The summed E-state index contributed by atoms with van der Waals surface area (Å²) in [5.74, 6) is 0.000635. The maximum Gasteiger partial charge on any atom is 0.573 e. The van der Waals surface area contributed by atoms with Crippen molar-refractivity contribution in [2.45, 2.75) is 39.0 Å². The van der Waals surface area contributed by atoms with Crippen LogP contribution in [0.2, 0.25) is 0 Å². The predicted molar refractivity (Wildman–Crippen MR) is 109 cm³/mol. The van der Waals surface area contributed by atoms with Crippen molar-refractivity contribution in [1.82, 2.24) is 0 Å². The number of aryl methyl sites for hydroxylation is 1. The zero-order valence-electron chi connectivity index (χ0n) is 16.4. The minimum atomic E-state index is -4.88. The van der Waals surface area contributed by atoms with Crippen molar-refractivity contribution in [3.05, 3.63) is 71.3 Å². The van der Waals surface area contributed by atoms with Gasteiger partial charge in [0.25, 0.3) is 0 Å². The van der Waals surface area contributed by atoms with E-state index in [1.165, 1.54) is 30.5 Å². The van der Waals surface area contributed by atoms with Crippen LogP contribution in [-0.2, 0) is 6.42 Å². The molecule has 0 bridgehead atoms. The van der Waals surface area contributed by atoms with Crippen molar-refractivity contribution >= 4 is 11.0 Å². The highest BCUT2D eigenvalue weighted by molar-refractivity contribution is 5.84. The molecular weight excluding hydrogens is 397 g/mol. The molecule has 158 valence electrons. The van der Waals surface area contributed by atoms with Crippen molar-refractivity contribution in [2.24, 2.45) is 0 Å². The van der Waals surface area contributed by atoms with Crippen LogP contribution < -0.4 is 15.1 Å². The van der Waals surface area contributed by atoms with E-state index in [-0.39, 0.29) is 16.7 Å². The van der Waals surface area contributed by atoms with Crippen LogP contribution in [0.5, 0.6) is 11.5 Å². The van der Waals surface area contributed by atoms with Crippen LogP contribution in [-0.4, -0.2) is 6.36 Å². The van der Waals surface area contributed by atoms with Crippen LogP contribution in [0.4, 0.5) is 13.2 Å². The van der Waals surface area contributed by atoms with E-state index in [9.17, 15) is 18.0 Å². The maximum atomic E-state index is 13.0. The standard InChI is InChI=1S/C23H21F3O4/c1-3-5-6-7-15-8-11-18(21(12-15)30-23(24,25)26)19-13-16-9-10-17(28-4-2)14-20(16)29-22(19)27/h4,8-14H,2-3,5-7H2,1H3. The molecule has 0 aliphatic carbocycles. The summed E-state index contributed by atoms with van der Waals surface area (Å²) in [7, 11) is 0. The van der Waals surface area contributed by atoms with E-state index < -0.39 is 17.7 Å². The summed E-state index contributed by atoms with van der Waals surface area (Å²) < 4.78 is 53.7. The number of unbranched alkanes of at least 4 members (excludes halogenated alkanes) is 2. The van der Waals surface area contributed by atoms with Crippen LogP contribution in [0.3, 0.4) is 0 Å². The Balaban J connectivity index is 2.07. The summed E-state index contributed by atoms with van der Waals surface area (Å²) in [6.07, 6.45) is -0.193. The molecule has 0 atom stereocenters. The van der Waals surface area contributed by atoms with Gasteiger partial charge in [-0.3, -0.25) is 0 Å². The van der Waals surface area contributed by atoms with Crippen molar-refractivity contribution in [2.75, 3.05) is 0 Å². The highest BCUT2D eigenvalue weighted by atomic mass is 19.4. The highest BCUT2D eigenvalue weighted by Crippen LogP contribution is 2.35. The van der Waals surface area contributed by atoms with Crippen molar-refractivity contribution in [1.29, 1.82) is 0 Å². The average molecular weight is 418 g/mol. The lowest BCUT2D eigenvalue weighted by atomic mass is 10.00. The number of ether oxygens (including phenoxy) is 2. The lowest BCUT2D eigenvalue weighted by molar-refractivity contribution is -0.274. The quantitative estimate of drug-likeness (QED) is 0.235. The fourth-order valence-electron chi connectivity index (χ4n) is 3.18. The second-order valence-electron chi connectivity index (χ2n) is 6.77. The van der Waals surface area contributed by atoms with Gasteiger partial charge < -0.3 is 13.9 Å². The molecule has 0 fully saturated rings. The van der Waals surface area contributed by atoms with E-state index in [4.69, 9.17) is 9.15 Å². The van der Waals surface area contributed by atoms with Crippen molar-refractivity contribution < 1.29 is 27.1 Å². The van der Waals surface area contributed by atoms with Gasteiger partial charge in [-0.1, -0.05) is 38.5 Å². The molecule has 0 N–H and O–H groups in total. The molecule has 0 aliphatic rings. The number of alkyl halides is 3. The Morgan fingerprint density at radius 3 is 2.57 bits per heavy atom. The molecule has 0 aliphatic heterocycles. The maximum absolute atomic E-state index is 13.0. The van der Waals surface area contributed by atoms with Crippen LogP contribution in [0.1, 0.15) is 31.7 Å². The molecule has 2 aromatic carbocycles. The average Bonchev–Trinajstić information content (AvgIpc) is 2.67. The molecule has 3 aromatic rings. The van der Waals surface area contributed by atoms with Crippen LogP contribution in [0.25, 0.3) is 22.1 Å². The van der Waals surface area contributed by atoms with Gasteiger partial charge in [-0.25, -0.2) is 4.79 Å². The molecule has 1 aromatic heterocycles. The topological polar surface area (TPSA) is 48.7 Å². The Hall–Kier alpha value is -3.22. The fourth-order valence-corrected chi connectivity index (χ4v) is 3.18. The van der Waals surface area contributed by atoms with Gasteiger partial charge in [0.1, 0.15) is 17.1 Å². The van der Waals surface area contributed by atoms with Crippen molar-refractivity contribution in [3.8, 4) is 22.6 Å². The van der Waals surface area contributed by atoms with E-state index in [1.807, 2.05) is 6.92 Å². The Morgan fingerprint density at radius 1 is 1.07 bits per heavy atom. The van der Waals surface area contributed by atoms with E-state index in [0.29, 0.717) is 23.1 Å². The molecule has 0 saturated heterocycles. The summed E-state index contributed by atoms with van der Waals surface area (Å²) in [6, 6.07) is 10.8. The molecule has 3 rings (SSSR count). The molecular formula is C23H21F3O4. The number of fused-ring (bicyclic) bond motifs is 1. The number of halogens is 3. The number of benzene rings is 2. The zero-order chi connectivity index (χ0) is 21.7. The normalized spacial score (nSPS) is 11.5. The zero-order valence-corrected chi connectivity index (χ0v) is 16.4. The Bertz CT molecular complexity index is 1100. The third-order valence-electron chi connectivity index (χ3n) is 4.56. The summed E-state index contributed by atoms with van der Waals surface area (Å²) in [5, 5.41) is 0.533. The fraction of sp³-hybridized carbons (Fsp3) is 0.261. The van der Waals surface area contributed by atoms with Gasteiger partial charge in [-0.15, -0.1) is 13.2 Å². The highest BCUT2D eigenvalue weighted by Gasteiger charge is 2.32. The molecule has 1 heterocycles. The van der Waals surface area contributed by atoms with Gasteiger partial charge in [0.05, 0.1) is 11.8 Å². The molecule has 0 spiro atoms. The molecule has 0 saturated carbocycles. The smallest absolute Gasteiger partial charge is 0.465 e. The Morgan fingerprint density at radius 2 is 1.87 bits per heavy atom. The monoisotopic (exact) mass is 418 g/mol. The second-order valence-corrected chi connectivity index (χ2v) is 6.77.